The third-order valence-electron chi connectivity index (χ3n) is 2.19. The maximum Gasteiger partial charge on any atom is 0.169 e. The molecule has 15 heavy (non-hydrogen) atoms. The molecular weight excluding hydrogens is 276 g/mol. The Labute approximate surface area is 103 Å². The molecule has 0 saturated carbocycles. The molecule has 0 fully saturated rings. The van der Waals surface area contributed by atoms with Crippen LogP contribution in [0.4, 0.5) is 0 Å². The second-order valence-corrected chi connectivity index (χ2v) is 5.59. The fourth-order valence-corrected chi connectivity index (χ4v) is 2.74. The predicted octanol–water partition coefficient (Wildman–Crippen LogP) is 3.44. The molecule has 0 bridgehead atoms. The van der Waals surface area contributed by atoms with Crippen LogP contribution in [0.3, 0.4) is 0 Å². The van der Waals surface area contributed by atoms with Crippen molar-refractivity contribution in [1.82, 2.24) is 0 Å². The Morgan fingerprint density at radius 1 is 1.60 bits per heavy atom. The molecule has 0 aliphatic heterocycles. The van der Waals surface area contributed by atoms with E-state index >= 15 is 0 Å². The fourth-order valence-electron chi connectivity index (χ4n) is 1.25. The summed E-state index contributed by atoms with van der Waals surface area (Å²) in [5, 5.41) is 1.97. The lowest BCUT2D eigenvalue weighted by Gasteiger charge is -2.22. The number of ether oxygens (including phenoxy) is 1. The Bertz CT molecular complexity index is 344. The van der Waals surface area contributed by atoms with E-state index in [1.165, 1.54) is 0 Å². The van der Waals surface area contributed by atoms with Gasteiger partial charge in [-0.2, -0.15) is 0 Å². The monoisotopic (exact) mass is 290 g/mol. The molecule has 0 N–H and O–H groups in total. The minimum absolute atomic E-state index is 0.118. The molecule has 2 nitrogen and oxygen atoms in total. The van der Waals surface area contributed by atoms with Gasteiger partial charge in [0.2, 0.25) is 0 Å². The summed E-state index contributed by atoms with van der Waals surface area (Å²) in [6.45, 7) is 6.10. The van der Waals surface area contributed by atoms with Gasteiger partial charge in [0, 0.05) is 22.4 Å². The smallest absolute Gasteiger partial charge is 0.169 e. The number of halogens is 1. The van der Waals surface area contributed by atoms with E-state index in [9.17, 15) is 4.79 Å². The first kappa shape index (κ1) is 12.9. The van der Waals surface area contributed by atoms with Gasteiger partial charge in [-0.15, -0.1) is 11.3 Å². The van der Waals surface area contributed by atoms with Crippen LogP contribution in [0, 0.1) is 0 Å². The summed E-state index contributed by atoms with van der Waals surface area (Å²) < 4.78 is 6.43. The normalized spacial score (nSPS) is 11.7. The van der Waals surface area contributed by atoms with E-state index in [0.29, 0.717) is 13.0 Å². The van der Waals surface area contributed by atoms with Crippen molar-refractivity contribution in [1.29, 1.82) is 0 Å². The van der Waals surface area contributed by atoms with Crippen LogP contribution in [0.25, 0.3) is 0 Å². The molecule has 4 heteroatoms. The van der Waals surface area contributed by atoms with Crippen LogP contribution in [0.1, 0.15) is 25.6 Å². The van der Waals surface area contributed by atoms with E-state index in [0.717, 1.165) is 9.35 Å². The standard InChI is InChI=1S/C11H15BrO2S/c1-4-14-11(2,3)10(13)7-9-8(12)5-6-15-9/h5-6H,4,7H2,1-3H3. The first-order valence-corrected chi connectivity index (χ1v) is 6.53. The first-order chi connectivity index (χ1) is 6.97. The number of thiophene rings is 1. The van der Waals surface area contributed by atoms with Crippen LogP contribution in [-0.4, -0.2) is 18.0 Å². The largest absolute Gasteiger partial charge is 0.368 e. The second-order valence-electron chi connectivity index (χ2n) is 3.73. The summed E-state index contributed by atoms with van der Waals surface area (Å²) in [4.78, 5) is 13.0. The van der Waals surface area contributed by atoms with Gasteiger partial charge in [0.25, 0.3) is 0 Å². The lowest BCUT2D eigenvalue weighted by Crippen LogP contribution is -2.36. The molecule has 0 saturated heterocycles. The van der Waals surface area contributed by atoms with Crippen LogP contribution >= 0.6 is 27.3 Å². The molecule has 1 aromatic heterocycles. The summed E-state index contributed by atoms with van der Waals surface area (Å²) in [7, 11) is 0. The molecule has 0 unspecified atom stereocenters. The zero-order valence-electron chi connectivity index (χ0n) is 9.17. The number of Topliss-reactive ketones (excluding diaryl/α,β-unsaturated/α-hetero) is 1. The van der Waals surface area contributed by atoms with Gasteiger partial charge >= 0.3 is 0 Å². The average Bonchev–Trinajstić information content (AvgIpc) is 2.52. The van der Waals surface area contributed by atoms with Crippen molar-refractivity contribution >= 4 is 33.0 Å². The number of carbonyl (C=O) groups excluding carboxylic acids is 1. The maximum absolute atomic E-state index is 11.9. The number of hydrogen-bond donors (Lipinski definition) is 0. The van der Waals surface area contributed by atoms with E-state index in [2.05, 4.69) is 15.9 Å². The van der Waals surface area contributed by atoms with E-state index in [1.807, 2.05) is 32.2 Å². The Kier molecular flexibility index (Phi) is 4.49. The highest BCUT2D eigenvalue weighted by Gasteiger charge is 2.28. The van der Waals surface area contributed by atoms with E-state index in [1.54, 1.807) is 11.3 Å². The Morgan fingerprint density at radius 3 is 2.73 bits per heavy atom. The van der Waals surface area contributed by atoms with E-state index in [-0.39, 0.29) is 5.78 Å². The summed E-state index contributed by atoms with van der Waals surface area (Å²) >= 11 is 5.01. The molecule has 0 spiro atoms. The zero-order valence-corrected chi connectivity index (χ0v) is 11.6. The van der Waals surface area contributed by atoms with Gasteiger partial charge < -0.3 is 4.74 Å². The van der Waals surface area contributed by atoms with Crippen molar-refractivity contribution in [3.8, 4) is 0 Å². The topological polar surface area (TPSA) is 26.3 Å². The Hall–Kier alpha value is -0.190. The molecule has 0 amide bonds. The molecule has 0 aromatic carbocycles. The Balaban J connectivity index is 2.67. The van der Waals surface area contributed by atoms with Gasteiger partial charge in [0.05, 0.1) is 0 Å². The van der Waals surface area contributed by atoms with Crippen LogP contribution in [0.5, 0.6) is 0 Å². The van der Waals surface area contributed by atoms with Gasteiger partial charge in [-0.05, 0) is 48.1 Å². The molecular formula is C11H15BrO2S. The van der Waals surface area contributed by atoms with E-state index in [4.69, 9.17) is 4.74 Å². The lowest BCUT2D eigenvalue weighted by atomic mass is 10.00. The molecule has 0 radical (unpaired) electrons. The third-order valence-corrected chi connectivity index (χ3v) is 4.12. The lowest BCUT2D eigenvalue weighted by molar-refractivity contribution is -0.139. The van der Waals surface area contributed by atoms with Crippen LogP contribution in [-0.2, 0) is 16.0 Å². The van der Waals surface area contributed by atoms with Crippen molar-refractivity contribution in [3.63, 3.8) is 0 Å². The molecule has 0 aliphatic carbocycles. The number of hydrogen-bond acceptors (Lipinski definition) is 3. The molecule has 84 valence electrons. The predicted molar refractivity (Wildman–Crippen MR) is 66.4 cm³/mol. The van der Waals surface area contributed by atoms with Crippen LogP contribution < -0.4 is 0 Å². The van der Waals surface area contributed by atoms with Crippen LogP contribution in [0.15, 0.2) is 15.9 Å². The second kappa shape index (κ2) is 5.23. The minimum atomic E-state index is -0.682. The van der Waals surface area contributed by atoms with Gasteiger partial charge in [-0.3, -0.25) is 4.79 Å². The van der Waals surface area contributed by atoms with Crippen molar-refractivity contribution in [2.24, 2.45) is 0 Å². The Morgan fingerprint density at radius 2 is 2.27 bits per heavy atom. The van der Waals surface area contributed by atoms with Gasteiger partial charge in [-0.1, -0.05) is 0 Å². The molecule has 0 atom stereocenters. The average molecular weight is 291 g/mol. The van der Waals surface area contributed by atoms with Crippen molar-refractivity contribution in [2.45, 2.75) is 32.8 Å². The summed E-state index contributed by atoms with van der Waals surface area (Å²) in [6.07, 6.45) is 0.436. The highest BCUT2D eigenvalue weighted by molar-refractivity contribution is 9.10. The molecule has 1 aromatic rings. The number of carbonyl (C=O) groups is 1. The molecule has 0 aliphatic rings. The van der Waals surface area contributed by atoms with Gasteiger partial charge in [0.1, 0.15) is 5.60 Å². The molecule has 1 rings (SSSR count). The number of ketones is 1. The fraction of sp³-hybridized carbons (Fsp3) is 0.545. The number of rotatable bonds is 5. The van der Waals surface area contributed by atoms with Crippen LogP contribution in [0.2, 0.25) is 0 Å². The minimum Gasteiger partial charge on any atom is -0.368 e. The van der Waals surface area contributed by atoms with Crippen molar-refractivity contribution < 1.29 is 9.53 Å². The summed E-state index contributed by atoms with van der Waals surface area (Å²) in [6, 6.07) is 1.96. The highest BCUT2D eigenvalue weighted by Crippen LogP contribution is 2.25. The maximum atomic E-state index is 11.9. The highest BCUT2D eigenvalue weighted by atomic mass is 79.9. The summed E-state index contributed by atoms with van der Waals surface area (Å²) in [5.41, 5.74) is -0.682. The quantitative estimate of drug-likeness (QED) is 0.830. The van der Waals surface area contributed by atoms with Gasteiger partial charge in [-0.25, -0.2) is 0 Å². The SMILES string of the molecule is CCOC(C)(C)C(=O)Cc1sccc1Br. The summed E-state index contributed by atoms with van der Waals surface area (Å²) in [5.74, 6) is 0.118. The third kappa shape index (κ3) is 3.40. The van der Waals surface area contributed by atoms with Crippen molar-refractivity contribution in [2.75, 3.05) is 6.61 Å². The van der Waals surface area contributed by atoms with Crippen molar-refractivity contribution in [3.05, 3.63) is 20.8 Å². The molecule has 1 heterocycles. The van der Waals surface area contributed by atoms with Gasteiger partial charge in [0.15, 0.2) is 5.78 Å². The zero-order chi connectivity index (χ0) is 11.5. The first-order valence-electron chi connectivity index (χ1n) is 4.86. The van der Waals surface area contributed by atoms with E-state index < -0.39 is 5.60 Å².